The Kier molecular flexibility index (Phi) is 5.50. The van der Waals surface area contributed by atoms with E-state index in [1.54, 1.807) is 12.1 Å². The minimum Gasteiger partial charge on any atom is -0.478 e. The van der Waals surface area contributed by atoms with Crippen molar-refractivity contribution in [1.82, 2.24) is 0 Å². The summed E-state index contributed by atoms with van der Waals surface area (Å²) in [6.45, 7) is 8.38. The summed E-state index contributed by atoms with van der Waals surface area (Å²) >= 11 is 0. The van der Waals surface area contributed by atoms with E-state index >= 15 is 0 Å². The molecule has 35 heavy (non-hydrogen) atoms. The number of hydrogen-bond acceptors (Lipinski definition) is 8. The van der Waals surface area contributed by atoms with Crippen molar-refractivity contribution in [2.75, 3.05) is 0 Å². The Balaban J connectivity index is 0.000000159. The maximum absolute atomic E-state index is 12.5. The van der Waals surface area contributed by atoms with Crippen molar-refractivity contribution in [1.29, 1.82) is 0 Å². The lowest BCUT2D eigenvalue weighted by molar-refractivity contribution is -0.152. The van der Waals surface area contributed by atoms with Crippen LogP contribution in [0, 0.1) is 23.7 Å². The topological polar surface area (TPSA) is 121 Å². The van der Waals surface area contributed by atoms with Gasteiger partial charge in [-0.1, -0.05) is 39.8 Å². The largest absolute Gasteiger partial charge is 0.478 e. The first-order valence-corrected chi connectivity index (χ1v) is 12.5. The van der Waals surface area contributed by atoms with Gasteiger partial charge in [0.2, 0.25) is 0 Å². The van der Waals surface area contributed by atoms with E-state index in [9.17, 15) is 19.8 Å². The maximum atomic E-state index is 12.5. The third-order valence-electron chi connectivity index (χ3n) is 8.99. The van der Waals surface area contributed by atoms with Gasteiger partial charge in [-0.15, -0.1) is 0 Å². The number of aromatic carboxylic acids is 1. The van der Waals surface area contributed by atoms with Crippen molar-refractivity contribution < 1.29 is 43.5 Å². The molecule has 9 rings (SSSR count). The number of carbonyl (C=O) groups excluding carboxylic acids is 1. The molecular weight excluding hydrogens is 456 g/mol. The highest BCUT2D eigenvalue weighted by molar-refractivity contribution is 6.02. The molecule has 190 valence electrons. The Bertz CT molecular complexity index is 994. The zero-order valence-electron chi connectivity index (χ0n) is 20.1. The highest BCUT2D eigenvalue weighted by Gasteiger charge is 2.65. The number of aliphatic hydroxyl groups is 1. The first-order chi connectivity index (χ1) is 16.7. The molecule has 1 aromatic rings. The van der Waals surface area contributed by atoms with Gasteiger partial charge in [-0.2, -0.15) is 0 Å². The molecule has 8 fully saturated rings. The summed E-state index contributed by atoms with van der Waals surface area (Å²) in [7, 11) is 0. The van der Waals surface area contributed by atoms with Crippen LogP contribution in [0.4, 0.5) is 0 Å². The lowest BCUT2D eigenvalue weighted by Crippen LogP contribution is -2.49. The predicted molar refractivity (Wildman–Crippen MR) is 120 cm³/mol. The molecule has 0 aliphatic carbocycles. The van der Waals surface area contributed by atoms with E-state index in [-0.39, 0.29) is 71.8 Å². The molecule has 0 spiro atoms. The number of carboxylic acids is 1. The summed E-state index contributed by atoms with van der Waals surface area (Å²) in [5.74, 6) is -0.561. The first kappa shape index (κ1) is 23.4. The number of hydrogen-bond donors (Lipinski definition) is 2. The number of carboxylic acid groups (broad SMARTS) is 1. The van der Waals surface area contributed by atoms with Crippen molar-refractivity contribution in [3.63, 3.8) is 0 Å². The fourth-order valence-electron chi connectivity index (χ4n) is 7.18. The molecule has 8 saturated heterocycles. The smallest absolute Gasteiger partial charge is 0.339 e. The lowest BCUT2D eigenvalue weighted by atomic mass is 9.87. The summed E-state index contributed by atoms with van der Waals surface area (Å²) in [5.41, 5.74) is -0.00812. The van der Waals surface area contributed by atoms with Gasteiger partial charge in [0, 0.05) is 23.7 Å². The van der Waals surface area contributed by atoms with E-state index < -0.39 is 18.0 Å². The lowest BCUT2D eigenvalue weighted by Gasteiger charge is -2.38. The monoisotopic (exact) mass is 488 g/mol. The third kappa shape index (κ3) is 3.32. The quantitative estimate of drug-likeness (QED) is 0.615. The summed E-state index contributed by atoms with van der Waals surface area (Å²) in [5, 5.41) is 18.9. The van der Waals surface area contributed by atoms with Crippen molar-refractivity contribution in [2.24, 2.45) is 23.7 Å². The van der Waals surface area contributed by atoms with Gasteiger partial charge in [-0.3, -0.25) is 0 Å². The molecule has 9 nitrogen and oxygen atoms in total. The minimum atomic E-state index is -1.15. The van der Waals surface area contributed by atoms with Crippen molar-refractivity contribution in [2.45, 2.75) is 88.7 Å². The molecule has 8 bridgehead atoms. The van der Waals surface area contributed by atoms with E-state index in [1.165, 1.54) is 12.1 Å². The van der Waals surface area contributed by atoms with Crippen molar-refractivity contribution >= 4 is 11.9 Å². The van der Waals surface area contributed by atoms with Gasteiger partial charge in [0.15, 0.2) is 6.10 Å². The van der Waals surface area contributed by atoms with Gasteiger partial charge in [0.05, 0.1) is 41.6 Å². The fraction of sp³-hybridized carbons (Fsp3) is 0.692. The van der Waals surface area contributed by atoms with Gasteiger partial charge in [0.25, 0.3) is 0 Å². The summed E-state index contributed by atoms with van der Waals surface area (Å²) < 4.78 is 29.0. The molecule has 1 aromatic carbocycles. The van der Waals surface area contributed by atoms with E-state index in [0.717, 1.165) is 0 Å². The van der Waals surface area contributed by atoms with Crippen LogP contribution >= 0.6 is 0 Å². The SMILES string of the molecule is C[C@@H]1[C@@H]2O[C@@H]3[C@@H](O)[C@H]1O[C@@H]3[C@H]2C.C[C@@H]1[C@H]2OC3[C@H](C)[C@@H]1O[C@@H]2[C@H]3OC(=O)c1ccccc1C(=O)O. The number of aliphatic hydroxyl groups excluding tert-OH is 1. The summed E-state index contributed by atoms with van der Waals surface area (Å²) in [6, 6.07) is 6.05. The number of benzene rings is 1. The van der Waals surface area contributed by atoms with Crippen LogP contribution in [0.25, 0.3) is 0 Å². The highest BCUT2D eigenvalue weighted by atomic mass is 16.6. The Morgan fingerprint density at radius 2 is 1.17 bits per heavy atom. The van der Waals surface area contributed by atoms with E-state index in [0.29, 0.717) is 17.9 Å². The van der Waals surface area contributed by atoms with Gasteiger partial charge in [0.1, 0.15) is 24.4 Å². The van der Waals surface area contributed by atoms with Crippen molar-refractivity contribution in [3.05, 3.63) is 35.4 Å². The third-order valence-corrected chi connectivity index (χ3v) is 8.99. The summed E-state index contributed by atoms with van der Waals surface area (Å²) in [4.78, 5) is 23.7. The minimum absolute atomic E-state index is 0.0359. The zero-order valence-corrected chi connectivity index (χ0v) is 20.1. The summed E-state index contributed by atoms with van der Waals surface area (Å²) in [6.07, 6.45) is -0.719. The van der Waals surface area contributed by atoms with E-state index in [1.807, 2.05) is 6.92 Å². The second kappa shape index (κ2) is 8.24. The van der Waals surface area contributed by atoms with Crippen LogP contribution in [0.1, 0.15) is 48.4 Å². The van der Waals surface area contributed by atoms with Gasteiger partial charge < -0.3 is 33.9 Å². The molecule has 0 amide bonds. The average molecular weight is 489 g/mol. The van der Waals surface area contributed by atoms with Crippen LogP contribution in [0.3, 0.4) is 0 Å². The van der Waals surface area contributed by atoms with Crippen molar-refractivity contribution in [3.8, 4) is 0 Å². The number of esters is 1. The molecule has 14 atom stereocenters. The van der Waals surface area contributed by atoms with Crippen LogP contribution in [0.2, 0.25) is 0 Å². The molecule has 9 heteroatoms. The molecule has 0 saturated carbocycles. The predicted octanol–water partition coefficient (Wildman–Crippen LogP) is 1.90. The Hall–Kier alpha value is -2.04. The highest BCUT2D eigenvalue weighted by Crippen LogP contribution is 2.51. The van der Waals surface area contributed by atoms with Crippen LogP contribution in [0.5, 0.6) is 0 Å². The normalized spacial score (nSPS) is 49.7. The molecule has 8 aliphatic rings. The second-order valence-electron chi connectivity index (χ2n) is 10.9. The van der Waals surface area contributed by atoms with E-state index in [2.05, 4.69) is 20.8 Å². The van der Waals surface area contributed by atoms with E-state index in [4.69, 9.17) is 23.7 Å². The maximum Gasteiger partial charge on any atom is 0.339 e. The molecular formula is C26H32O9. The van der Waals surface area contributed by atoms with Crippen LogP contribution in [-0.2, 0) is 23.7 Å². The van der Waals surface area contributed by atoms with Crippen LogP contribution in [0.15, 0.2) is 24.3 Å². The van der Waals surface area contributed by atoms with Gasteiger partial charge in [-0.05, 0) is 12.1 Å². The number of carbonyl (C=O) groups is 2. The Morgan fingerprint density at radius 1 is 0.686 bits per heavy atom. The van der Waals surface area contributed by atoms with Gasteiger partial charge in [-0.25, -0.2) is 9.59 Å². The Morgan fingerprint density at radius 3 is 1.80 bits per heavy atom. The average Bonchev–Trinajstić information content (AvgIpc) is 3.46. The Labute approximate surface area is 203 Å². The number of rotatable bonds is 3. The fourth-order valence-corrected chi connectivity index (χ4v) is 7.18. The molecule has 8 heterocycles. The zero-order chi connectivity index (χ0) is 24.8. The molecule has 0 aromatic heterocycles. The first-order valence-electron chi connectivity index (χ1n) is 12.5. The second-order valence-corrected chi connectivity index (χ2v) is 10.9. The molecule has 8 aliphatic heterocycles. The van der Waals surface area contributed by atoms with Crippen LogP contribution < -0.4 is 0 Å². The molecule has 0 radical (unpaired) electrons. The van der Waals surface area contributed by atoms with Gasteiger partial charge >= 0.3 is 11.9 Å². The van der Waals surface area contributed by atoms with Crippen LogP contribution in [-0.4, -0.2) is 83.2 Å². The standard InChI is InChI=1S/C17H18O6.C9H14O3/c1-7-11-8(2)13-15(14(21-11)12(7)22-13)23-17(20)10-6-4-3-5-9(10)16(18)19;1-3-6-4(2)8-9(11-6)5(10)7(3)12-8/h3-8,11-15H,1-2H3,(H,18,19);3-10H,1-2H3/t7-,8+,11+,12+,13?,14-,15-;3-,4+,5+,6+,7+,8-,9-/m01/s1. The molecule has 2 N–H and O–H groups in total. The molecule has 1 unspecified atom stereocenters. The number of ether oxygens (including phenoxy) is 5.